The number of carbonyl (C=O) groups is 1. The average Bonchev–Trinajstić information content (AvgIpc) is 2.85. The summed E-state index contributed by atoms with van der Waals surface area (Å²) in [6, 6.07) is -1.69. The Morgan fingerprint density at radius 2 is 1.93 bits per heavy atom. The normalized spacial score (nSPS) is 35.8. The van der Waals surface area contributed by atoms with Crippen LogP contribution in [-0.4, -0.2) is 64.5 Å². The zero-order valence-electron chi connectivity index (χ0n) is 15.6. The third-order valence-electron chi connectivity index (χ3n) is 6.74. The number of carboxylic acids is 1. The van der Waals surface area contributed by atoms with Gasteiger partial charge in [0.2, 0.25) is 0 Å². The Morgan fingerprint density at radius 3 is 2.38 bits per heavy atom. The summed E-state index contributed by atoms with van der Waals surface area (Å²) < 4.78 is 67.3. The fourth-order valence-electron chi connectivity index (χ4n) is 5.02. The van der Waals surface area contributed by atoms with Crippen molar-refractivity contribution in [3.8, 4) is 0 Å². The van der Waals surface area contributed by atoms with Crippen molar-refractivity contribution in [2.45, 2.75) is 50.2 Å². The maximum Gasteiger partial charge on any atom is 0.405 e. The van der Waals surface area contributed by atoms with E-state index in [1.54, 1.807) is 4.90 Å². The molecule has 29 heavy (non-hydrogen) atoms. The molecule has 0 amide bonds. The van der Waals surface area contributed by atoms with Gasteiger partial charge in [-0.3, -0.25) is 10.2 Å². The van der Waals surface area contributed by atoms with Crippen LogP contribution in [0.15, 0.2) is 11.4 Å². The Morgan fingerprint density at radius 1 is 1.28 bits per heavy atom. The molecule has 0 spiro atoms. The van der Waals surface area contributed by atoms with E-state index in [0.29, 0.717) is 13.1 Å². The van der Waals surface area contributed by atoms with E-state index in [1.807, 2.05) is 0 Å². The van der Waals surface area contributed by atoms with E-state index in [1.165, 1.54) is 0 Å². The maximum absolute atomic E-state index is 13.9. The summed E-state index contributed by atoms with van der Waals surface area (Å²) in [7, 11) is 0. The first-order chi connectivity index (χ1) is 13.5. The van der Waals surface area contributed by atoms with Gasteiger partial charge in [0.1, 0.15) is 17.6 Å². The van der Waals surface area contributed by atoms with Crippen molar-refractivity contribution in [2.24, 2.45) is 17.8 Å². The Kier molecular flexibility index (Phi) is 4.79. The molecule has 6 nitrogen and oxygen atoms in total. The monoisotopic (exact) mass is 422 g/mol. The number of allylic oxidation sites excluding steroid dienone is 1. The first-order valence-corrected chi connectivity index (χ1v) is 9.74. The van der Waals surface area contributed by atoms with Crippen LogP contribution in [0.1, 0.15) is 32.1 Å². The zero-order chi connectivity index (χ0) is 21.1. The van der Waals surface area contributed by atoms with Crippen LogP contribution in [0.25, 0.3) is 0 Å². The third kappa shape index (κ3) is 3.57. The topological polar surface area (TPSA) is 79.7 Å². The summed E-state index contributed by atoms with van der Waals surface area (Å²) in [5.74, 6) is -3.89. The average molecular weight is 422 g/mol. The molecule has 0 aromatic rings. The maximum atomic E-state index is 13.9. The highest BCUT2D eigenvalue weighted by Gasteiger charge is 2.52. The standard InChI is InChI=1S/C18H23F5N4O2/c19-17(20)3-1-11(15(17)24)16(25-27-4-2-13(27)18(21,22)23)26-7-9-5-10(8-26)12(9)6-14(28)29/h9-10,12-13,24-25H,1-8H2,(H,28,29)/b16-11+,24-15?. The van der Waals surface area contributed by atoms with Gasteiger partial charge in [0, 0.05) is 38.0 Å². The molecule has 5 aliphatic rings. The first-order valence-electron chi connectivity index (χ1n) is 9.74. The van der Waals surface area contributed by atoms with Gasteiger partial charge in [0.15, 0.2) is 0 Å². The summed E-state index contributed by atoms with van der Waals surface area (Å²) in [4.78, 5) is 12.8. The minimum atomic E-state index is -4.43. The number of nitrogens with zero attached hydrogens (tertiary/aromatic N) is 2. The molecule has 0 aromatic carbocycles. The number of carboxylic acid groups (broad SMARTS) is 1. The Labute approximate surface area is 164 Å². The minimum Gasteiger partial charge on any atom is -0.481 e. The third-order valence-corrected chi connectivity index (χ3v) is 6.74. The molecule has 11 heteroatoms. The summed E-state index contributed by atoms with van der Waals surface area (Å²) in [5.41, 5.74) is 1.93. The van der Waals surface area contributed by atoms with Crippen LogP contribution in [0.4, 0.5) is 22.0 Å². The Balaban J connectivity index is 1.56. The summed E-state index contributed by atoms with van der Waals surface area (Å²) >= 11 is 0. The summed E-state index contributed by atoms with van der Waals surface area (Å²) in [5, 5.41) is 17.9. The van der Waals surface area contributed by atoms with E-state index in [4.69, 9.17) is 10.5 Å². The highest BCUT2D eigenvalue weighted by molar-refractivity contribution is 6.05. The van der Waals surface area contributed by atoms with E-state index >= 15 is 0 Å². The number of hydrazine groups is 1. The quantitative estimate of drug-likeness (QED) is 0.594. The zero-order valence-corrected chi connectivity index (χ0v) is 15.6. The van der Waals surface area contributed by atoms with Crippen molar-refractivity contribution in [2.75, 3.05) is 19.6 Å². The molecule has 5 fully saturated rings. The van der Waals surface area contributed by atoms with Gasteiger partial charge in [-0.1, -0.05) is 0 Å². The minimum absolute atomic E-state index is 0.00593. The molecule has 3 N–H and O–H groups in total. The molecule has 3 unspecified atom stereocenters. The molecule has 162 valence electrons. The second-order valence-corrected chi connectivity index (χ2v) is 8.48. The smallest absolute Gasteiger partial charge is 0.405 e. The number of hydrogen-bond donors (Lipinski definition) is 3. The van der Waals surface area contributed by atoms with Crippen LogP contribution in [0.3, 0.4) is 0 Å². The van der Waals surface area contributed by atoms with E-state index in [-0.39, 0.29) is 55.0 Å². The lowest BCUT2D eigenvalue weighted by Crippen LogP contribution is -2.64. The fourth-order valence-corrected chi connectivity index (χ4v) is 5.02. The van der Waals surface area contributed by atoms with Gasteiger partial charge in [-0.25, -0.2) is 5.01 Å². The van der Waals surface area contributed by atoms with E-state index < -0.39 is 36.2 Å². The van der Waals surface area contributed by atoms with E-state index in [2.05, 4.69) is 5.43 Å². The van der Waals surface area contributed by atoms with E-state index in [0.717, 1.165) is 11.4 Å². The van der Waals surface area contributed by atoms with Crippen molar-refractivity contribution in [1.29, 1.82) is 5.41 Å². The van der Waals surface area contributed by atoms with Gasteiger partial charge in [-0.15, -0.1) is 0 Å². The first kappa shape index (κ1) is 20.4. The highest BCUT2D eigenvalue weighted by Crippen LogP contribution is 2.49. The SMILES string of the molecule is N=C1/C(=C(\NN2CCC2C(F)(F)F)N2CC3CC(C2)C3CC(=O)O)CCC1(F)F. The van der Waals surface area contributed by atoms with Gasteiger partial charge in [0.25, 0.3) is 5.92 Å². The molecule has 3 aliphatic heterocycles. The Hall–Kier alpha value is -1.91. The Bertz CT molecular complexity index is 741. The summed E-state index contributed by atoms with van der Waals surface area (Å²) in [6.45, 7) is 0.917. The molecule has 2 aliphatic carbocycles. The fraction of sp³-hybridized carbons (Fsp3) is 0.778. The number of alkyl halides is 5. The van der Waals surface area contributed by atoms with Crippen LogP contribution >= 0.6 is 0 Å². The number of fused-ring (bicyclic) bond motifs is 2. The lowest BCUT2D eigenvalue weighted by Gasteiger charge is -2.55. The van der Waals surface area contributed by atoms with Crippen LogP contribution in [-0.2, 0) is 4.79 Å². The highest BCUT2D eigenvalue weighted by atomic mass is 19.4. The predicted octanol–water partition coefficient (Wildman–Crippen LogP) is 2.83. The van der Waals surface area contributed by atoms with Crippen LogP contribution in [0.2, 0.25) is 0 Å². The number of rotatable bonds is 5. The number of aliphatic carboxylic acids is 1. The van der Waals surface area contributed by atoms with Crippen molar-refractivity contribution in [1.82, 2.24) is 15.3 Å². The number of piperidine rings is 2. The van der Waals surface area contributed by atoms with Crippen LogP contribution in [0, 0.1) is 23.2 Å². The van der Waals surface area contributed by atoms with Crippen molar-refractivity contribution < 1.29 is 31.9 Å². The predicted molar refractivity (Wildman–Crippen MR) is 92.1 cm³/mol. The van der Waals surface area contributed by atoms with Gasteiger partial charge in [0.05, 0.1) is 0 Å². The van der Waals surface area contributed by atoms with Gasteiger partial charge < -0.3 is 15.4 Å². The van der Waals surface area contributed by atoms with Gasteiger partial charge in [-0.2, -0.15) is 22.0 Å². The number of hydrogen-bond acceptors (Lipinski definition) is 5. The van der Waals surface area contributed by atoms with E-state index in [9.17, 15) is 26.7 Å². The lowest BCUT2D eigenvalue weighted by molar-refractivity contribution is -0.220. The second-order valence-electron chi connectivity index (χ2n) is 8.48. The molecular formula is C18H23F5N4O2. The van der Waals surface area contributed by atoms with Crippen LogP contribution in [0.5, 0.6) is 0 Å². The number of halogens is 5. The molecule has 2 bridgehead atoms. The molecular weight excluding hydrogens is 399 g/mol. The molecule has 3 heterocycles. The lowest BCUT2D eigenvalue weighted by atomic mass is 9.60. The number of nitrogens with one attached hydrogen (secondary N) is 2. The van der Waals surface area contributed by atoms with Gasteiger partial charge in [-0.05, 0) is 37.0 Å². The molecule has 0 radical (unpaired) electrons. The van der Waals surface area contributed by atoms with Crippen molar-refractivity contribution >= 4 is 11.7 Å². The summed E-state index contributed by atoms with van der Waals surface area (Å²) in [6.07, 6.45) is -4.23. The molecule has 3 saturated heterocycles. The van der Waals surface area contributed by atoms with Crippen molar-refractivity contribution in [3.63, 3.8) is 0 Å². The van der Waals surface area contributed by atoms with Crippen molar-refractivity contribution in [3.05, 3.63) is 11.4 Å². The molecule has 0 aromatic heterocycles. The van der Waals surface area contributed by atoms with Crippen LogP contribution < -0.4 is 5.43 Å². The molecule has 2 saturated carbocycles. The van der Waals surface area contributed by atoms with Gasteiger partial charge >= 0.3 is 12.1 Å². The molecule has 5 rings (SSSR count). The largest absolute Gasteiger partial charge is 0.481 e. The molecule has 3 atom stereocenters. The second kappa shape index (κ2) is 6.82.